The highest BCUT2D eigenvalue weighted by atomic mass is 16.2. The smallest absolute Gasteiger partial charge is 0.332 e. The Morgan fingerprint density at radius 2 is 2.10 bits per heavy atom. The van der Waals surface area contributed by atoms with E-state index in [1.165, 1.54) is 11.6 Å². The van der Waals surface area contributed by atoms with Gasteiger partial charge in [0.2, 0.25) is 5.91 Å². The van der Waals surface area contributed by atoms with E-state index >= 15 is 0 Å². The number of carbonyl (C=O) groups is 1. The van der Waals surface area contributed by atoms with Gasteiger partial charge < -0.3 is 16.4 Å². The van der Waals surface area contributed by atoms with Crippen molar-refractivity contribution >= 4 is 17.4 Å². The summed E-state index contributed by atoms with van der Waals surface area (Å²) < 4.78 is 2.44. The minimum Gasteiger partial charge on any atom is -0.383 e. The first-order chi connectivity index (χ1) is 9.95. The molecule has 21 heavy (non-hydrogen) atoms. The third-order valence-electron chi connectivity index (χ3n) is 3.64. The Balaban J connectivity index is 2.40. The van der Waals surface area contributed by atoms with Crippen molar-refractivity contribution in [3.8, 4) is 0 Å². The zero-order chi connectivity index (χ0) is 15.6. The molecule has 4 N–H and O–H groups in total. The molecule has 1 aromatic heterocycles. The maximum absolute atomic E-state index is 12.2. The lowest BCUT2D eigenvalue weighted by Gasteiger charge is -2.18. The summed E-state index contributed by atoms with van der Waals surface area (Å²) in [5.41, 5.74) is 5.29. The average molecular weight is 295 g/mol. The van der Waals surface area contributed by atoms with Crippen molar-refractivity contribution in [1.29, 1.82) is 0 Å². The fourth-order valence-corrected chi connectivity index (χ4v) is 2.36. The summed E-state index contributed by atoms with van der Waals surface area (Å²) in [4.78, 5) is 35.5. The summed E-state index contributed by atoms with van der Waals surface area (Å²) in [6.45, 7) is 2.92. The molecule has 1 aromatic rings. The predicted octanol–water partition coefficient (Wildman–Crippen LogP) is -0.770. The van der Waals surface area contributed by atoms with Crippen molar-refractivity contribution in [2.24, 2.45) is 7.05 Å². The number of aromatic nitrogens is 2. The number of nitrogens with zero attached hydrogens (tertiary/aromatic N) is 2. The first-order valence-electron chi connectivity index (χ1n) is 7.08. The normalized spacial score (nSPS) is 17.8. The number of nitrogen functional groups attached to an aromatic ring is 1. The standard InChI is InChI=1S/C13H21N5O3/c1-3-4-5-18-11(14)10(12(20)17(2)13(18)21)16-8-6-9(19)15-7-8/h8,16H,3-7,14H2,1-2H3,(H,15,19). The molecule has 8 nitrogen and oxygen atoms in total. The fourth-order valence-electron chi connectivity index (χ4n) is 2.36. The quantitative estimate of drug-likeness (QED) is 0.660. The number of amides is 1. The second-order valence-electron chi connectivity index (χ2n) is 5.26. The van der Waals surface area contributed by atoms with E-state index in [-0.39, 0.29) is 29.9 Å². The lowest BCUT2D eigenvalue weighted by atomic mass is 10.2. The SMILES string of the molecule is CCCCn1c(N)c(NC2CNC(=O)C2)c(=O)n(C)c1=O. The number of unbranched alkanes of at least 4 members (excludes halogenated alkanes) is 1. The van der Waals surface area contributed by atoms with E-state index in [9.17, 15) is 14.4 Å². The topological polar surface area (TPSA) is 111 Å². The first-order valence-corrected chi connectivity index (χ1v) is 7.08. The molecule has 0 radical (unpaired) electrons. The highest BCUT2D eigenvalue weighted by Gasteiger charge is 2.24. The summed E-state index contributed by atoms with van der Waals surface area (Å²) in [7, 11) is 1.43. The summed E-state index contributed by atoms with van der Waals surface area (Å²) >= 11 is 0. The minimum atomic E-state index is -0.468. The molecule has 0 saturated carbocycles. The Kier molecular flexibility index (Phi) is 4.35. The molecular weight excluding hydrogens is 274 g/mol. The molecule has 1 amide bonds. The van der Waals surface area contributed by atoms with Crippen LogP contribution >= 0.6 is 0 Å². The van der Waals surface area contributed by atoms with Gasteiger partial charge in [0.25, 0.3) is 5.56 Å². The molecule has 8 heteroatoms. The number of rotatable bonds is 5. The number of nitrogens with two attached hydrogens (primary N) is 1. The lowest BCUT2D eigenvalue weighted by Crippen LogP contribution is -2.42. The molecule has 1 saturated heterocycles. The van der Waals surface area contributed by atoms with Crippen LogP contribution in [-0.2, 0) is 18.4 Å². The molecule has 0 aliphatic carbocycles. The second-order valence-corrected chi connectivity index (χ2v) is 5.26. The van der Waals surface area contributed by atoms with Gasteiger partial charge in [-0.15, -0.1) is 0 Å². The van der Waals surface area contributed by atoms with Crippen molar-refractivity contribution < 1.29 is 4.79 Å². The zero-order valence-corrected chi connectivity index (χ0v) is 12.3. The second kappa shape index (κ2) is 6.02. The zero-order valence-electron chi connectivity index (χ0n) is 12.3. The average Bonchev–Trinajstić information content (AvgIpc) is 2.87. The van der Waals surface area contributed by atoms with E-state index in [0.29, 0.717) is 13.1 Å². The van der Waals surface area contributed by atoms with Gasteiger partial charge in [-0.05, 0) is 6.42 Å². The van der Waals surface area contributed by atoms with Crippen molar-refractivity contribution in [3.63, 3.8) is 0 Å². The third-order valence-corrected chi connectivity index (χ3v) is 3.64. The van der Waals surface area contributed by atoms with Gasteiger partial charge in [0.1, 0.15) is 11.5 Å². The van der Waals surface area contributed by atoms with E-state index in [2.05, 4.69) is 10.6 Å². The van der Waals surface area contributed by atoms with E-state index in [0.717, 1.165) is 17.4 Å². The molecule has 1 fully saturated rings. The Morgan fingerprint density at radius 3 is 2.67 bits per heavy atom. The van der Waals surface area contributed by atoms with Crippen LogP contribution in [0.4, 0.5) is 11.5 Å². The van der Waals surface area contributed by atoms with E-state index in [4.69, 9.17) is 5.73 Å². The lowest BCUT2D eigenvalue weighted by molar-refractivity contribution is -0.119. The van der Waals surface area contributed by atoms with Crippen LogP contribution in [0.2, 0.25) is 0 Å². The van der Waals surface area contributed by atoms with E-state index < -0.39 is 11.2 Å². The van der Waals surface area contributed by atoms with Gasteiger partial charge in [0.15, 0.2) is 0 Å². The Bertz CT molecular complexity index is 661. The third kappa shape index (κ3) is 2.93. The summed E-state index contributed by atoms with van der Waals surface area (Å²) in [6.07, 6.45) is 2.00. The molecule has 0 spiro atoms. The van der Waals surface area contributed by atoms with Crippen LogP contribution in [0, 0.1) is 0 Å². The number of hydrogen-bond donors (Lipinski definition) is 3. The Hall–Kier alpha value is -2.25. The predicted molar refractivity (Wildman–Crippen MR) is 80.3 cm³/mol. The van der Waals surface area contributed by atoms with Gasteiger partial charge in [-0.1, -0.05) is 13.3 Å². The summed E-state index contributed by atoms with van der Waals surface area (Å²) in [6, 6.07) is -0.190. The molecular formula is C13H21N5O3. The Morgan fingerprint density at radius 1 is 1.38 bits per heavy atom. The van der Waals surface area contributed by atoms with Crippen LogP contribution in [0.1, 0.15) is 26.2 Å². The number of nitrogens with one attached hydrogen (secondary N) is 2. The molecule has 0 bridgehead atoms. The van der Waals surface area contributed by atoms with Crippen molar-refractivity contribution in [3.05, 3.63) is 20.8 Å². The first kappa shape index (κ1) is 15.1. The largest absolute Gasteiger partial charge is 0.383 e. The number of anilines is 2. The maximum Gasteiger partial charge on any atom is 0.332 e. The van der Waals surface area contributed by atoms with Gasteiger partial charge in [0.05, 0.1) is 6.04 Å². The number of hydrogen-bond acceptors (Lipinski definition) is 5. The van der Waals surface area contributed by atoms with E-state index in [1.54, 1.807) is 0 Å². The molecule has 1 aliphatic rings. The number of carbonyl (C=O) groups excluding carboxylic acids is 1. The van der Waals surface area contributed by atoms with E-state index in [1.807, 2.05) is 6.92 Å². The van der Waals surface area contributed by atoms with Crippen LogP contribution in [0.15, 0.2) is 9.59 Å². The van der Waals surface area contributed by atoms with Crippen LogP contribution in [0.25, 0.3) is 0 Å². The molecule has 2 rings (SSSR count). The fraction of sp³-hybridized carbons (Fsp3) is 0.615. The summed E-state index contributed by atoms with van der Waals surface area (Å²) in [5.74, 6) is 0.0677. The molecule has 1 atom stereocenters. The molecule has 1 aliphatic heterocycles. The van der Waals surface area contributed by atoms with Crippen molar-refractivity contribution in [1.82, 2.24) is 14.5 Å². The minimum absolute atomic E-state index is 0.0674. The van der Waals surface area contributed by atoms with Crippen molar-refractivity contribution in [2.45, 2.75) is 38.8 Å². The molecule has 1 unspecified atom stereocenters. The summed E-state index contributed by atoms with van der Waals surface area (Å²) in [5, 5.41) is 5.68. The Labute approximate surface area is 121 Å². The van der Waals surface area contributed by atoms with Gasteiger partial charge in [-0.3, -0.25) is 18.7 Å². The molecule has 2 heterocycles. The molecule has 0 aromatic carbocycles. The van der Waals surface area contributed by atoms with Gasteiger partial charge in [0, 0.05) is 26.6 Å². The monoisotopic (exact) mass is 295 g/mol. The van der Waals surface area contributed by atoms with Crippen molar-refractivity contribution in [2.75, 3.05) is 17.6 Å². The van der Waals surface area contributed by atoms with Crippen LogP contribution in [-0.4, -0.2) is 27.6 Å². The van der Waals surface area contributed by atoms with Crippen LogP contribution in [0.5, 0.6) is 0 Å². The van der Waals surface area contributed by atoms with Gasteiger partial charge in [-0.2, -0.15) is 0 Å². The highest BCUT2D eigenvalue weighted by Crippen LogP contribution is 2.15. The van der Waals surface area contributed by atoms with Gasteiger partial charge >= 0.3 is 5.69 Å². The highest BCUT2D eigenvalue weighted by molar-refractivity contribution is 5.80. The molecule has 116 valence electrons. The van der Waals surface area contributed by atoms with Gasteiger partial charge in [-0.25, -0.2) is 4.79 Å². The van der Waals surface area contributed by atoms with Crippen LogP contribution < -0.4 is 27.6 Å². The maximum atomic E-state index is 12.2. The van der Waals surface area contributed by atoms with Crippen LogP contribution in [0.3, 0.4) is 0 Å².